The molecule has 130 valence electrons. The topological polar surface area (TPSA) is 56.1 Å². The molecule has 1 aromatic carbocycles. The Balaban J connectivity index is 2.31. The van der Waals surface area contributed by atoms with Crippen LogP contribution in [0.2, 0.25) is 0 Å². The summed E-state index contributed by atoms with van der Waals surface area (Å²) in [6, 6.07) is 10.0. The molecular weight excluding hydrogens is 302 g/mol. The molecule has 0 bridgehead atoms. The van der Waals surface area contributed by atoms with Crippen LogP contribution in [0.5, 0.6) is 0 Å². The lowest BCUT2D eigenvalue weighted by Gasteiger charge is -2.14. The first-order valence-electron chi connectivity index (χ1n) is 8.36. The molecule has 1 heterocycles. The van der Waals surface area contributed by atoms with Gasteiger partial charge in [-0.2, -0.15) is 5.10 Å². The van der Waals surface area contributed by atoms with E-state index in [1.54, 1.807) is 4.68 Å². The van der Waals surface area contributed by atoms with Gasteiger partial charge in [0.15, 0.2) is 0 Å². The summed E-state index contributed by atoms with van der Waals surface area (Å²) in [7, 11) is 0. The number of aromatic nitrogens is 2. The van der Waals surface area contributed by atoms with E-state index < -0.39 is 0 Å². The molecule has 1 amide bonds. The number of benzene rings is 1. The van der Waals surface area contributed by atoms with Gasteiger partial charge in [0.2, 0.25) is 5.91 Å². The molecule has 0 aliphatic heterocycles. The molecule has 5 nitrogen and oxygen atoms in total. The van der Waals surface area contributed by atoms with E-state index in [-0.39, 0.29) is 11.3 Å². The normalized spacial score (nSPS) is 11.5. The van der Waals surface area contributed by atoms with Crippen molar-refractivity contribution in [2.45, 2.75) is 46.5 Å². The Kier molecular flexibility index (Phi) is 5.78. The number of carbonyl (C=O) groups is 1. The number of hydrogen-bond acceptors (Lipinski definition) is 3. The highest BCUT2D eigenvalue weighted by atomic mass is 16.5. The summed E-state index contributed by atoms with van der Waals surface area (Å²) in [6.45, 7) is 11.3. The lowest BCUT2D eigenvalue weighted by molar-refractivity contribution is -0.117. The third-order valence-corrected chi connectivity index (χ3v) is 3.67. The average Bonchev–Trinajstić information content (AvgIpc) is 2.91. The molecule has 1 aromatic heterocycles. The summed E-state index contributed by atoms with van der Waals surface area (Å²) in [5.74, 6) is 0.615. The third-order valence-electron chi connectivity index (χ3n) is 3.67. The molecule has 0 spiro atoms. The van der Waals surface area contributed by atoms with Crippen molar-refractivity contribution in [3.8, 4) is 5.69 Å². The van der Waals surface area contributed by atoms with E-state index in [0.29, 0.717) is 25.5 Å². The Morgan fingerprint density at radius 2 is 2.04 bits per heavy atom. The van der Waals surface area contributed by atoms with Crippen molar-refractivity contribution >= 4 is 11.7 Å². The fourth-order valence-electron chi connectivity index (χ4n) is 2.31. The Hall–Kier alpha value is -2.14. The van der Waals surface area contributed by atoms with Crippen molar-refractivity contribution in [3.05, 3.63) is 41.6 Å². The van der Waals surface area contributed by atoms with Crippen LogP contribution in [0.15, 0.2) is 30.3 Å². The summed E-state index contributed by atoms with van der Waals surface area (Å²) in [6.07, 6.45) is 0.331. The van der Waals surface area contributed by atoms with Gasteiger partial charge in [-0.25, -0.2) is 4.68 Å². The number of carbonyl (C=O) groups excluding carboxylic acids is 1. The second-order valence-corrected chi connectivity index (χ2v) is 6.91. The standard InChI is InChI=1S/C19H27N3O2/c1-6-24-11-10-18(23)20-17-13-16(19(3,4)5)21-22(17)15-9-7-8-14(2)12-15/h7-9,12-13H,6,10-11H2,1-5H3,(H,20,23). The molecule has 1 N–H and O–H groups in total. The highest BCUT2D eigenvalue weighted by Gasteiger charge is 2.21. The fraction of sp³-hybridized carbons (Fsp3) is 0.474. The summed E-state index contributed by atoms with van der Waals surface area (Å²) in [5, 5.41) is 7.67. The van der Waals surface area contributed by atoms with Crippen LogP contribution in [0.1, 0.15) is 45.4 Å². The smallest absolute Gasteiger partial charge is 0.227 e. The van der Waals surface area contributed by atoms with E-state index in [1.807, 2.05) is 38.1 Å². The molecule has 24 heavy (non-hydrogen) atoms. The number of nitrogens with zero attached hydrogens (tertiary/aromatic N) is 2. The van der Waals surface area contributed by atoms with E-state index in [9.17, 15) is 4.79 Å². The molecule has 0 aliphatic carbocycles. The zero-order chi connectivity index (χ0) is 17.7. The molecule has 0 atom stereocenters. The van der Waals surface area contributed by atoms with Crippen molar-refractivity contribution in [3.63, 3.8) is 0 Å². The zero-order valence-electron chi connectivity index (χ0n) is 15.2. The maximum Gasteiger partial charge on any atom is 0.227 e. The van der Waals surface area contributed by atoms with Crippen LogP contribution in [0.3, 0.4) is 0 Å². The summed E-state index contributed by atoms with van der Waals surface area (Å²) >= 11 is 0. The molecule has 5 heteroatoms. The van der Waals surface area contributed by atoms with Crippen LogP contribution < -0.4 is 5.32 Å². The minimum Gasteiger partial charge on any atom is -0.381 e. The number of aryl methyl sites for hydroxylation is 1. The fourth-order valence-corrected chi connectivity index (χ4v) is 2.31. The van der Waals surface area contributed by atoms with Gasteiger partial charge in [-0.1, -0.05) is 32.9 Å². The van der Waals surface area contributed by atoms with Gasteiger partial charge in [-0.15, -0.1) is 0 Å². The van der Waals surface area contributed by atoms with Crippen LogP contribution in [-0.4, -0.2) is 28.9 Å². The minimum absolute atomic E-state index is 0.0716. The predicted octanol–water partition coefficient (Wildman–Crippen LogP) is 3.84. The van der Waals surface area contributed by atoms with Crippen LogP contribution in [0, 0.1) is 6.92 Å². The van der Waals surface area contributed by atoms with E-state index in [4.69, 9.17) is 9.84 Å². The number of nitrogens with one attached hydrogen (secondary N) is 1. The van der Waals surface area contributed by atoms with Gasteiger partial charge >= 0.3 is 0 Å². The van der Waals surface area contributed by atoms with Gasteiger partial charge in [0.05, 0.1) is 24.4 Å². The first-order valence-corrected chi connectivity index (χ1v) is 8.36. The number of anilines is 1. The Bertz CT molecular complexity index is 699. The van der Waals surface area contributed by atoms with Crippen molar-refractivity contribution in [2.24, 2.45) is 0 Å². The second-order valence-electron chi connectivity index (χ2n) is 6.91. The second kappa shape index (κ2) is 7.62. The molecule has 0 aliphatic rings. The average molecular weight is 329 g/mol. The zero-order valence-corrected chi connectivity index (χ0v) is 15.2. The van der Waals surface area contributed by atoms with Gasteiger partial charge in [-0.3, -0.25) is 4.79 Å². The number of hydrogen-bond donors (Lipinski definition) is 1. The van der Waals surface area contributed by atoms with Gasteiger partial charge in [0.25, 0.3) is 0 Å². The van der Waals surface area contributed by atoms with Crippen molar-refractivity contribution in [2.75, 3.05) is 18.5 Å². The van der Waals surface area contributed by atoms with E-state index in [1.165, 1.54) is 0 Å². The molecule has 0 saturated heterocycles. The maximum atomic E-state index is 12.2. The quantitative estimate of drug-likeness (QED) is 0.819. The third kappa shape index (κ3) is 4.68. The largest absolute Gasteiger partial charge is 0.381 e. The molecule has 0 fully saturated rings. The lowest BCUT2D eigenvalue weighted by atomic mass is 9.92. The van der Waals surface area contributed by atoms with E-state index in [2.05, 4.69) is 32.2 Å². The van der Waals surface area contributed by atoms with Crippen LogP contribution in [-0.2, 0) is 14.9 Å². The van der Waals surface area contributed by atoms with E-state index in [0.717, 1.165) is 16.9 Å². The van der Waals surface area contributed by atoms with Gasteiger partial charge in [0, 0.05) is 18.1 Å². The van der Waals surface area contributed by atoms with Gasteiger partial charge in [0.1, 0.15) is 5.82 Å². The Morgan fingerprint density at radius 1 is 1.29 bits per heavy atom. The molecule has 2 rings (SSSR count). The first kappa shape index (κ1) is 18.2. The summed E-state index contributed by atoms with van der Waals surface area (Å²) < 4.78 is 7.05. The first-order chi connectivity index (χ1) is 11.3. The maximum absolute atomic E-state index is 12.2. The molecule has 0 saturated carbocycles. The highest BCUT2D eigenvalue weighted by Crippen LogP contribution is 2.26. The number of amides is 1. The van der Waals surface area contributed by atoms with Gasteiger partial charge in [-0.05, 0) is 31.5 Å². The van der Waals surface area contributed by atoms with E-state index >= 15 is 0 Å². The molecule has 0 radical (unpaired) electrons. The van der Waals surface area contributed by atoms with Crippen molar-refractivity contribution < 1.29 is 9.53 Å². The minimum atomic E-state index is -0.0973. The Morgan fingerprint density at radius 3 is 2.67 bits per heavy atom. The molecule has 0 unspecified atom stereocenters. The summed E-state index contributed by atoms with van der Waals surface area (Å²) in [5.41, 5.74) is 2.92. The monoisotopic (exact) mass is 329 g/mol. The predicted molar refractivity (Wildman–Crippen MR) is 96.7 cm³/mol. The van der Waals surface area contributed by atoms with Crippen LogP contribution in [0.4, 0.5) is 5.82 Å². The summed E-state index contributed by atoms with van der Waals surface area (Å²) in [4.78, 5) is 12.2. The molecular formula is C19H27N3O2. The lowest BCUT2D eigenvalue weighted by Crippen LogP contribution is -2.16. The molecule has 2 aromatic rings. The van der Waals surface area contributed by atoms with Crippen molar-refractivity contribution in [1.29, 1.82) is 0 Å². The van der Waals surface area contributed by atoms with Crippen LogP contribution >= 0.6 is 0 Å². The van der Waals surface area contributed by atoms with Gasteiger partial charge < -0.3 is 10.1 Å². The Labute approximate surface area is 144 Å². The van der Waals surface area contributed by atoms with Crippen molar-refractivity contribution in [1.82, 2.24) is 9.78 Å². The number of rotatable bonds is 6. The SMILES string of the molecule is CCOCCC(=O)Nc1cc(C(C)(C)C)nn1-c1cccc(C)c1. The van der Waals surface area contributed by atoms with Crippen LogP contribution in [0.25, 0.3) is 5.69 Å². The number of ether oxygens (including phenoxy) is 1. The highest BCUT2D eigenvalue weighted by molar-refractivity contribution is 5.90.